The van der Waals surface area contributed by atoms with Gasteiger partial charge in [0.15, 0.2) is 0 Å². The molecule has 0 aliphatic heterocycles. The van der Waals surface area contributed by atoms with Crippen LogP contribution in [0.5, 0.6) is 0 Å². The molecule has 0 rings (SSSR count). The van der Waals surface area contributed by atoms with Crippen LogP contribution in [0.25, 0.3) is 0 Å². The van der Waals surface area contributed by atoms with Crippen LogP contribution in [0.1, 0.15) is 104 Å². The Bertz CT molecular complexity index is 329. The fraction of sp³-hybridized carbons (Fsp3) is 1.00. The van der Waals surface area contributed by atoms with E-state index in [2.05, 4.69) is 13.8 Å². The van der Waals surface area contributed by atoms with Gasteiger partial charge in [0.05, 0.1) is 5.75 Å². The van der Waals surface area contributed by atoms with E-state index in [0.29, 0.717) is 6.42 Å². The second-order valence-electron chi connectivity index (χ2n) is 7.06. The molecular formula is C18H39NaO3S. The van der Waals surface area contributed by atoms with Crippen molar-refractivity contribution in [3.63, 3.8) is 0 Å². The van der Waals surface area contributed by atoms with Gasteiger partial charge in [0.25, 0.3) is 10.1 Å². The molecule has 0 aromatic carbocycles. The van der Waals surface area contributed by atoms with E-state index in [9.17, 15) is 8.42 Å². The van der Waals surface area contributed by atoms with E-state index in [0.717, 1.165) is 18.8 Å². The molecule has 0 saturated heterocycles. The molecule has 0 radical (unpaired) electrons. The van der Waals surface area contributed by atoms with Gasteiger partial charge in [0.2, 0.25) is 0 Å². The Labute approximate surface area is 167 Å². The average Bonchev–Trinajstić information content (AvgIpc) is 2.41. The van der Waals surface area contributed by atoms with Crippen molar-refractivity contribution in [2.45, 2.75) is 104 Å². The monoisotopic (exact) mass is 358 g/mol. The molecule has 0 aromatic heterocycles. The van der Waals surface area contributed by atoms with Gasteiger partial charge in [-0.2, -0.15) is 8.42 Å². The maximum atomic E-state index is 10.5. The SMILES string of the molecule is CC(C)CCCCCCCCCCCCCCCS(=O)(=O)O.[NaH]. The summed E-state index contributed by atoms with van der Waals surface area (Å²) in [5.74, 6) is 0.775. The molecule has 23 heavy (non-hydrogen) atoms. The van der Waals surface area contributed by atoms with Gasteiger partial charge < -0.3 is 0 Å². The molecule has 0 spiro atoms. The summed E-state index contributed by atoms with van der Waals surface area (Å²) < 4.78 is 29.7. The van der Waals surface area contributed by atoms with E-state index in [1.54, 1.807) is 0 Å². The summed E-state index contributed by atoms with van der Waals surface area (Å²) in [5, 5.41) is 0. The van der Waals surface area contributed by atoms with Crippen LogP contribution >= 0.6 is 0 Å². The predicted molar refractivity (Wildman–Crippen MR) is 103 cm³/mol. The van der Waals surface area contributed by atoms with Gasteiger partial charge in [0.1, 0.15) is 0 Å². The van der Waals surface area contributed by atoms with Gasteiger partial charge in [-0.25, -0.2) is 0 Å². The fourth-order valence-electron chi connectivity index (χ4n) is 2.78. The number of hydrogen-bond donors (Lipinski definition) is 1. The van der Waals surface area contributed by atoms with Gasteiger partial charge in [-0.3, -0.25) is 4.55 Å². The third-order valence-electron chi connectivity index (χ3n) is 4.18. The zero-order chi connectivity index (χ0) is 16.7. The third-order valence-corrected chi connectivity index (χ3v) is 4.99. The molecule has 0 atom stereocenters. The molecule has 0 aliphatic rings. The predicted octanol–water partition coefficient (Wildman–Crippen LogP) is 5.34. The van der Waals surface area contributed by atoms with Crippen LogP contribution in [0.15, 0.2) is 0 Å². The topological polar surface area (TPSA) is 54.4 Å². The first kappa shape index (κ1) is 26.1. The summed E-state index contributed by atoms with van der Waals surface area (Å²) in [4.78, 5) is 0. The van der Waals surface area contributed by atoms with Crippen LogP contribution in [0, 0.1) is 5.92 Å². The van der Waals surface area contributed by atoms with Crippen LogP contribution in [-0.4, -0.2) is 48.3 Å². The van der Waals surface area contributed by atoms with Crippen LogP contribution in [0.3, 0.4) is 0 Å². The normalized spacial score (nSPS) is 11.7. The van der Waals surface area contributed by atoms with Crippen LogP contribution in [0.2, 0.25) is 0 Å². The molecular weight excluding hydrogens is 319 g/mol. The Kier molecular flexibility index (Phi) is 20.1. The molecule has 0 aromatic rings. The molecule has 136 valence electrons. The van der Waals surface area contributed by atoms with Crippen molar-refractivity contribution in [3.05, 3.63) is 0 Å². The molecule has 0 amide bonds. The second-order valence-corrected chi connectivity index (χ2v) is 8.64. The summed E-state index contributed by atoms with van der Waals surface area (Å²) in [5.41, 5.74) is 0. The van der Waals surface area contributed by atoms with Crippen molar-refractivity contribution >= 4 is 39.7 Å². The molecule has 1 N–H and O–H groups in total. The summed E-state index contributed by atoms with van der Waals surface area (Å²) >= 11 is 0. The average molecular weight is 359 g/mol. The van der Waals surface area contributed by atoms with Crippen molar-refractivity contribution in [2.24, 2.45) is 5.92 Å². The maximum absolute atomic E-state index is 10.5. The number of hydrogen-bond acceptors (Lipinski definition) is 2. The minimum atomic E-state index is -3.74. The molecule has 0 aliphatic carbocycles. The summed E-state index contributed by atoms with van der Waals surface area (Å²) in [6, 6.07) is 0. The first-order valence-electron chi connectivity index (χ1n) is 9.37. The Morgan fingerprint density at radius 3 is 1.26 bits per heavy atom. The molecule has 0 heterocycles. The first-order chi connectivity index (χ1) is 10.4. The van der Waals surface area contributed by atoms with E-state index in [1.807, 2.05) is 0 Å². The van der Waals surface area contributed by atoms with Gasteiger partial charge in [-0.15, -0.1) is 0 Å². The van der Waals surface area contributed by atoms with Crippen LogP contribution in [-0.2, 0) is 10.1 Å². The van der Waals surface area contributed by atoms with Crippen molar-refractivity contribution in [1.29, 1.82) is 0 Å². The second kappa shape index (κ2) is 17.7. The van der Waals surface area contributed by atoms with Gasteiger partial charge >= 0.3 is 29.6 Å². The Morgan fingerprint density at radius 1 is 0.652 bits per heavy atom. The molecule has 3 nitrogen and oxygen atoms in total. The minimum absolute atomic E-state index is 0. The molecule has 0 unspecified atom stereocenters. The van der Waals surface area contributed by atoms with Gasteiger partial charge in [-0.1, -0.05) is 97.3 Å². The van der Waals surface area contributed by atoms with E-state index in [1.165, 1.54) is 70.6 Å². The van der Waals surface area contributed by atoms with E-state index >= 15 is 0 Å². The first-order valence-corrected chi connectivity index (χ1v) is 11.0. The molecule has 5 heteroatoms. The molecule has 0 bridgehead atoms. The zero-order valence-corrected chi connectivity index (χ0v) is 15.7. The summed E-state index contributed by atoms with van der Waals surface area (Å²) in [6.07, 6.45) is 17.4. The van der Waals surface area contributed by atoms with Crippen LogP contribution in [0.4, 0.5) is 0 Å². The molecule has 0 saturated carbocycles. The van der Waals surface area contributed by atoms with Crippen LogP contribution < -0.4 is 0 Å². The van der Waals surface area contributed by atoms with E-state index in [4.69, 9.17) is 4.55 Å². The van der Waals surface area contributed by atoms with E-state index in [-0.39, 0.29) is 35.3 Å². The number of unbranched alkanes of at least 4 members (excludes halogenated alkanes) is 12. The van der Waals surface area contributed by atoms with E-state index < -0.39 is 10.1 Å². The molecule has 0 fully saturated rings. The van der Waals surface area contributed by atoms with Crippen molar-refractivity contribution < 1.29 is 13.0 Å². The number of rotatable bonds is 16. The summed E-state index contributed by atoms with van der Waals surface area (Å²) in [6.45, 7) is 4.60. The summed E-state index contributed by atoms with van der Waals surface area (Å²) in [7, 11) is -3.74. The fourth-order valence-corrected chi connectivity index (χ4v) is 3.35. The van der Waals surface area contributed by atoms with Gasteiger partial charge in [-0.05, 0) is 12.3 Å². The quantitative estimate of drug-likeness (QED) is 0.230. The van der Waals surface area contributed by atoms with Crippen molar-refractivity contribution in [3.8, 4) is 0 Å². The third kappa shape index (κ3) is 25.3. The Hall–Kier alpha value is 0.910. The Balaban J connectivity index is 0. The van der Waals surface area contributed by atoms with Crippen molar-refractivity contribution in [2.75, 3.05) is 5.75 Å². The zero-order valence-electron chi connectivity index (χ0n) is 14.9. The standard InChI is InChI=1S/C18H38O3S.Na.H/c1-18(2)16-14-12-10-8-6-4-3-5-7-9-11-13-15-17-22(19,20)21;;/h18H,3-17H2,1-2H3,(H,19,20,21);;. The Morgan fingerprint density at radius 2 is 0.957 bits per heavy atom. The van der Waals surface area contributed by atoms with Gasteiger partial charge in [0, 0.05) is 0 Å². The van der Waals surface area contributed by atoms with Crippen molar-refractivity contribution in [1.82, 2.24) is 0 Å².